The maximum Gasteiger partial charge on any atom is 0.264 e. The minimum Gasteiger partial charge on any atom is -0.492 e. The Morgan fingerprint density at radius 2 is 1.56 bits per heavy atom. The number of amides is 2. The number of carbonyl (C=O) groups is 2. The van der Waals surface area contributed by atoms with E-state index in [-0.39, 0.29) is 36.1 Å². The molecule has 48 heavy (non-hydrogen) atoms. The second-order valence-electron chi connectivity index (χ2n) is 11.1. The standard InChI is InChI=1S/C37H42ClN3O5S2/c1-4-6-24-39-37(43)34(25-28-14-8-7-9-15-28)40(26-29-16-10-11-17-32(29)38)36(42)27-41(33-18-12-13-19-35(33)46-5-2)48(44,45)31-22-20-30(47-3)21-23-31/h7-23,34H,4-6,24-27H2,1-3H3,(H,39,43). The molecule has 0 radical (unpaired) electrons. The number of ether oxygens (including phenoxy) is 1. The summed E-state index contributed by atoms with van der Waals surface area (Å²) in [5.41, 5.74) is 1.69. The number of halogens is 1. The third-order valence-electron chi connectivity index (χ3n) is 7.76. The Labute approximate surface area is 293 Å². The van der Waals surface area contributed by atoms with Crippen molar-refractivity contribution >= 4 is 50.9 Å². The SMILES string of the molecule is CCCCNC(=O)C(Cc1ccccc1)N(Cc1ccccc1Cl)C(=O)CN(c1ccccc1OCC)S(=O)(=O)c1ccc(SC)cc1. The van der Waals surface area contributed by atoms with Gasteiger partial charge < -0.3 is 15.0 Å². The molecular formula is C37H42ClN3O5S2. The molecule has 0 aliphatic carbocycles. The van der Waals surface area contributed by atoms with Gasteiger partial charge in [-0.25, -0.2) is 8.42 Å². The lowest BCUT2D eigenvalue weighted by molar-refractivity contribution is -0.140. The zero-order valence-electron chi connectivity index (χ0n) is 27.5. The highest BCUT2D eigenvalue weighted by Crippen LogP contribution is 2.33. The van der Waals surface area contributed by atoms with Crippen molar-refractivity contribution in [3.05, 3.63) is 119 Å². The molecule has 0 saturated heterocycles. The Balaban J connectivity index is 1.83. The Bertz CT molecular complexity index is 1750. The molecule has 254 valence electrons. The molecule has 1 atom stereocenters. The minimum absolute atomic E-state index is 0.0133. The fourth-order valence-corrected chi connectivity index (χ4v) is 7.23. The quantitative estimate of drug-likeness (QED) is 0.0921. The van der Waals surface area contributed by atoms with E-state index in [2.05, 4.69) is 5.32 Å². The predicted molar refractivity (Wildman–Crippen MR) is 194 cm³/mol. The lowest BCUT2D eigenvalue weighted by Crippen LogP contribution is -2.53. The van der Waals surface area contributed by atoms with E-state index in [1.807, 2.05) is 49.6 Å². The summed E-state index contributed by atoms with van der Waals surface area (Å²) in [6.45, 7) is 3.97. The van der Waals surface area contributed by atoms with Crippen LogP contribution < -0.4 is 14.4 Å². The monoisotopic (exact) mass is 707 g/mol. The van der Waals surface area contributed by atoms with Crippen molar-refractivity contribution < 1.29 is 22.7 Å². The van der Waals surface area contributed by atoms with Gasteiger partial charge in [-0.05, 0) is 73.2 Å². The summed E-state index contributed by atoms with van der Waals surface area (Å²) < 4.78 is 35.8. The number of unbranched alkanes of at least 4 members (excludes halogenated alkanes) is 1. The molecular weight excluding hydrogens is 666 g/mol. The number of sulfonamides is 1. The minimum atomic E-state index is -4.28. The van der Waals surface area contributed by atoms with E-state index in [0.29, 0.717) is 22.9 Å². The summed E-state index contributed by atoms with van der Waals surface area (Å²) >= 11 is 8.09. The topological polar surface area (TPSA) is 96.0 Å². The highest BCUT2D eigenvalue weighted by molar-refractivity contribution is 7.98. The third-order valence-corrected chi connectivity index (χ3v) is 10.6. The van der Waals surface area contributed by atoms with Crippen molar-refractivity contribution in [3.63, 3.8) is 0 Å². The van der Waals surface area contributed by atoms with E-state index in [4.69, 9.17) is 16.3 Å². The Morgan fingerprint density at radius 1 is 0.896 bits per heavy atom. The molecule has 1 unspecified atom stereocenters. The first kappa shape index (κ1) is 36.8. The first-order valence-electron chi connectivity index (χ1n) is 15.9. The lowest BCUT2D eigenvalue weighted by Gasteiger charge is -2.34. The van der Waals surface area contributed by atoms with Gasteiger partial charge in [0.2, 0.25) is 11.8 Å². The van der Waals surface area contributed by atoms with Crippen LogP contribution in [0.1, 0.15) is 37.8 Å². The van der Waals surface area contributed by atoms with Crippen LogP contribution in [0.2, 0.25) is 5.02 Å². The number of nitrogens with zero attached hydrogens (tertiary/aromatic N) is 2. The molecule has 11 heteroatoms. The average Bonchev–Trinajstić information content (AvgIpc) is 3.10. The van der Waals surface area contributed by atoms with Gasteiger partial charge in [-0.1, -0.05) is 85.6 Å². The molecule has 4 aromatic rings. The normalized spacial score (nSPS) is 11.8. The number of rotatable bonds is 17. The van der Waals surface area contributed by atoms with Crippen LogP contribution in [0.5, 0.6) is 5.75 Å². The Kier molecular flexibility index (Phi) is 13.8. The van der Waals surface area contributed by atoms with Crippen molar-refractivity contribution in [2.75, 3.05) is 30.3 Å². The second kappa shape index (κ2) is 18.0. The lowest BCUT2D eigenvalue weighted by atomic mass is 10.0. The van der Waals surface area contributed by atoms with Gasteiger partial charge in [0.05, 0.1) is 17.2 Å². The highest BCUT2D eigenvalue weighted by atomic mass is 35.5. The van der Waals surface area contributed by atoms with Gasteiger partial charge >= 0.3 is 0 Å². The van der Waals surface area contributed by atoms with Gasteiger partial charge in [0.25, 0.3) is 10.0 Å². The van der Waals surface area contributed by atoms with Crippen molar-refractivity contribution in [1.29, 1.82) is 0 Å². The van der Waals surface area contributed by atoms with Crippen molar-refractivity contribution in [2.24, 2.45) is 0 Å². The van der Waals surface area contributed by atoms with Crippen LogP contribution in [-0.4, -0.2) is 57.1 Å². The highest BCUT2D eigenvalue weighted by Gasteiger charge is 2.35. The van der Waals surface area contributed by atoms with Crippen molar-refractivity contribution in [1.82, 2.24) is 10.2 Å². The molecule has 0 fully saturated rings. The molecule has 4 rings (SSSR count). The largest absolute Gasteiger partial charge is 0.492 e. The maximum atomic E-state index is 14.7. The van der Waals surface area contributed by atoms with Gasteiger partial charge in [-0.3, -0.25) is 13.9 Å². The number of hydrogen-bond donors (Lipinski definition) is 1. The van der Waals surface area contributed by atoms with Crippen molar-refractivity contribution in [3.8, 4) is 5.75 Å². The molecule has 1 N–H and O–H groups in total. The summed E-state index contributed by atoms with van der Waals surface area (Å²) in [6.07, 6.45) is 3.78. The molecule has 0 heterocycles. The first-order chi connectivity index (χ1) is 23.2. The van der Waals surface area contributed by atoms with E-state index in [0.717, 1.165) is 27.6 Å². The molecule has 0 spiro atoms. The number of anilines is 1. The predicted octanol–water partition coefficient (Wildman–Crippen LogP) is 7.21. The van der Waals surface area contributed by atoms with E-state index in [1.165, 1.54) is 28.8 Å². The molecule has 2 amide bonds. The molecule has 8 nitrogen and oxygen atoms in total. The molecule has 4 aromatic carbocycles. The van der Waals surface area contributed by atoms with Gasteiger partial charge in [0.15, 0.2) is 0 Å². The molecule has 0 aliphatic heterocycles. The van der Waals surface area contributed by atoms with Gasteiger partial charge in [-0.2, -0.15) is 0 Å². The Hall–Kier alpha value is -3.99. The number of thioether (sulfide) groups is 1. The number of para-hydroxylation sites is 2. The van der Waals surface area contributed by atoms with Gasteiger partial charge in [0.1, 0.15) is 18.3 Å². The van der Waals surface area contributed by atoms with Crippen molar-refractivity contribution in [2.45, 2.75) is 55.5 Å². The van der Waals surface area contributed by atoms with Gasteiger partial charge in [-0.15, -0.1) is 11.8 Å². The summed E-state index contributed by atoms with van der Waals surface area (Å²) in [5, 5.41) is 3.43. The average molecular weight is 708 g/mol. The zero-order chi connectivity index (χ0) is 34.5. The van der Waals surface area contributed by atoms with E-state index in [1.54, 1.807) is 61.5 Å². The van der Waals surface area contributed by atoms with E-state index >= 15 is 0 Å². The fourth-order valence-electron chi connectivity index (χ4n) is 5.20. The number of nitrogens with one attached hydrogen (secondary N) is 1. The number of benzene rings is 4. The van der Waals surface area contributed by atoms with E-state index in [9.17, 15) is 18.0 Å². The first-order valence-corrected chi connectivity index (χ1v) is 19.0. The number of carbonyl (C=O) groups excluding carboxylic acids is 2. The number of hydrogen-bond acceptors (Lipinski definition) is 6. The van der Waals surface area contributed by atoms with Crippen LogP contribution in [0.15, 0.2) is 113 Å². The van der Waals surface area contributed by atoms with Crippen LogP contribution in [0.25, 0.3) is 0 Å². The second-order valence-corrected chi connectivity index (χ2v) is 14.2. The van der Waals surface area contributed by atoms with Gasteiger partial charge in [0, 0.05) is 29.4 Å². The summed E-state index contributed by atoms with van der Waals surface area (Å²) in [7, 11) is -4.28. The van der Waals surface area contributed by atoms with Crippen LogP contribution in [0.3, 0.4) is 0 Å². The fraction of sp³-hybridized carbons (Fsp3) is 0.297. The molecule has 0 aromatic heterocycles. The summed E-state index contributed by atoms with van der Waals surface area (Å²) in [5.74, 6) is -0.588. The Morgan fingerprint density at radius 3 is 2.23 bits per heavy atom. The van der Waals surface area contributed by atoms with E-state index < -0.39 is 28.5 Å². The molecule has 0 saturated carbocycles. The zero-order valence-corrected chi connectivity index (χ0v) is 29.9. The summed E-state index contributed by atoms with van der Waals surface area (Å²) in [6, 6.07) is 28.8. The smallest absolute Gasteiger partial charge is 0.264 e. The molecule has 0 aliphatic rings. The van der Waals surface area contributed by atoms with Crippen LogP contribution >= 0.6 is 23.4 Å². The summed E-state index contributed by atoms with van der Waals surface area (Å²) in [4.78, 5) is 31.0. The molecule has 0 bridgehead atoms. The van der Waals surface area contributed by atoms with Crippen LogP contribution in [-0.2, 0) is 32.6 Å². The maximum absolute atomic E-state index is 14.7. The van der Waals surface area contributed by atoms with Crippen LogP contribution in [0.4, 0.5) is 5.69 Å². The van der Waals surface area contributed by atoms with Crippen LogP contribution in [0, 0.1) is 0 Å². The third kappa shape index (κ3) is 9.55.